The number of esters is 1. The quantitative estimate of drug-likeness (QED) is 0.328. The number of carboxylic acid groups (broad SMARTS) is 1. The fourth-order valence-electron chi connectivity index (χ4n) is 5.09. The van der Waals surface area contributed by atoms with Crippen LogP contribution in [0.1, 0.15) is 45.1 Å². The summed E-state index contributed by atoms with van der Waals surface area (Å²) in [6.07, 6.45) is 6.60. The molecule has 32 heavy (non-hydrogen) atoms. The van der Waals surface area contributed by atoms with E-state index < -0.39 is 35.3 Å². The fraction of sp³-hybridized carbons (Fsp3) is 0.542. The summed E-state index contributed by atoms with van der Waals surface area (Å²) in [6, 6.07) is 7.55. The van der Waals surface area contributed by atoms with E-state index in [4.69, 9.17) is 10.5 Å². The van der Waals surface area contributed by atoms with Crippen molar-refractivity contribution in [3.63, 3.8) is 0 Å². The number of Topliss-reactive ketones (excluding diaryl/α,β-unsaturated/α-hetero) is 1. The maximum Gasteiger partial charge on any atom is 0.332 e. The topological polar surface area (TPSA) is 110 Å². The number of aryl methyl sites for hydroxylation is 1. The number of fused-ring (bicyclic) bond motifs is 1. The zero-order valence-corrected chi connectivity index (χ0v) is 19.4. The van der Waals surface area contributed by atoms with Crippen LogP contribution in [0, 0.1) is 5.92 Å². The molecule has 1 aliphatic carbocycles. The molecule has 1 heterocycles. The third kappa shape index (κ3) is 4.90. The van der Waals surface area contributed by atoms with E-state index in [0.29, 0.717) is 12.8 Å². The minimum absolute atomic E-state index is 0. The molecule has 3 N–H and O–H groups in total. The SMILES string of the molecule is CCOC(=O)[C@H](CCc1ccccc1)N1[C@@H]2C=CCC[C@@H]2C[C@]1(C(=O)O)C(=O)C(C)N.Cl. The maximum atomic E-state index is 13.3. The molecular weight excluding hydrogens is 432 g/mol. The van der Waals surface area contributed by atoms with Crippen molar-refractivity contribution in [3.8, 4) is 0 Å². The molecule has 1 fully saturated rings. The molecule has 2 aliphatic rings. The van der Waals surface area contributed by atoms with Gasteiger partial charge in [-0.05, 0) is 57.4 Å². The van der Waals surface area contributed by atoms with Crippen molar-refractivity contribution in [2.45, 2.75) is 69.6 Å². The first kappa shape index (κ1) is 26.0. The molecule has 0 spiro atoms. The van der Waals surface area contributed by atoms with Gasteiger partial charge in [0.15, 0.2) is 11.3 Å². The highest BCUT2D eigenvalue weighted by atomic mass is 35.5. The number of hydrogen-bond donors (Lipinski definition) is 2. The van der Waals surface area contributed by atoms with E-state index in [-0.39, 0.29) is 37.4 Å². The number of benzene rings is 1. The molecule has 7 nitrogen and oxygen atoms in total. The van der Waals surface area contributed by atoms with E-state index in [2.05, 4.69) is 0 Å². The number of aliphatic carboxylic acids is 1. The van der Waals surface area contributed by atoms with Crippen molar-refractivity contribution >= 4 is 30.1 Å². The number of hydrogen-bond acceptors (Lipinski definition) is 6. The summed E-state index contributed by atoms with van der Waals surface area (Å²) in [4.78, 5) is 40.7. The molecule has 1 aliphatic heterocycles. The second-order valence-electron chi connectivity index (χ2n) is 8.48. The zero-order chi connectivity index (χ0) is 22.6. The van der Waals surface area contributed by atoms with Crippen LogP contribution in [0.25, 0.3) is 0 Å². The van der Waals surface area contributed by atoms with Crippen molar-refractivity contribution in [2.75, 3.05) is 6.61 Å². The number of carbonyl (C=O) groups is 3. The molecule has 0 amide bonds. The fourth-order valence-corrected chi connectivity index (χ4v) is 5.09. The number of carbonyl (C=O) groups excluding carboxylic acids is 2. The first-order valence-electron chi connectivity index (χ1n) is 11.0. The number of halogens is 1. The van der Waals surface area contributed by atoms with Crippen molar-refractivity contribution in [2.24, 2.45) is 11.7 Å². The monoisotopic (exact) mass is 464 g/mol. The number of rotatable bonds is 9. The largest absolute Gasteiger partial charge is 0.480 e. The molecule has 8 heteroatoms. The second-order valence-corrected chi connectivity index (χ2v) is 8.48. The normalized spacial score (nSPS) is 26.5. The lowest BCUT2D eigenvalue weighted by Gasteiger charge is -2.41. The van der Waals surface area contributed by atoms with Gasteiger partial charge >= 0.3 is 11.9 Å². The number of likely N-dealkylation sites (tertiary alicyclic amines) is 1. The minimum Gasteiger partial charge on any atom is -0.480 e. The van der Waals surface area contributed by atoms with Gasteiger partial charge in [-0.2, -0.15) is 0 Å². The van der Waals surface area contributed by atoms with Gasteiger partial charge in [-0.25, -0.2) is 4.79 Å². The third-order valence-corrected chi connectivity index (χ3v) is 6.46. The number of nitrogens with two attached hydrogens (primary N) is 1. The van der Waals surface area contributed by atoms with Crippen molar-refractivity contribution < 1.29 is 24.2 Å². The number of ether oxygens (including phenoxy) is 1. The molecule has 1 aromatic rings. The first-order chi connectivity index (χ1) is 14.8. The number of ketones is 1. The standard InChI is InChI=1S/C24H32N2O5.ClH/c1-3-31-22(28)20(14-13-17-9-5-4-6-10-17)26-19-12-8-7-11-18(19)15-24(26,23(29)30)21(27)16(2)25;/h4-6,8-10,12,16,18-20H,3,7,11,13-15,25H2,1-2H3,(H,29,30);1H/t16?,18-,19-,20+,24-;/m1./s1. The highest BCUT2D eigenvalue weighted by Gasteiger charge is 2.63. The highest BCUT2D eigenvalue weighted by Crippen LogP contribution is 2.46. The van der Waals surface area contributed by atoms with Crippen LogP contribution in [-0.2, 0) is 25.5 Å². The lowest BCUT2D eigenvalue weighted by molar-refractivity contribution is -0.164. The van der Waals surface area contributed by atoms with E-state index in [0.717, 1.165) is 18.4 Å². The van der Waals surface area contributed by atoms with Crippen LogP contribution in [0.4, 0.5) is 0 Å². The van der Waals surface area contributed by atoms with Gasteiger partial charge in [0.05, 0.1) is 12.6 Å². The summed E-state index contributed by atoms with van der Waals surface area (Å²) < 4.78 is 5.36. The second kappa shape index (κ2) is 11.1. The molecule has 1 unspecified atom stereocenters. The van der Waals surface area contributed by atoms with Crippen molar-refractivity contribution in [1.29, 1.82) is 0 Å². The zero-order valence-electron chi connectivity index (χ0n) is 18.6. The van der Waals surface area contributed by atoms with Gasteiger partial charge in [0.2, 0.25) is 0 Å². The Balaban J connectivity index is 0.00000363. The van der Waals surface area contributed by atoms with E-state index >= 15 is 0 Å². The molecule has 3 rings (SSSR count). The van der Waals surface area contributed by atoms with Crippen LogP contribution in [0.15, 0.2) is 42.5 Å². The minimum atomic E-state index is -1.84. The lowest BCUT2D eigenvalue weighted by atomic mass is 9.82. The molecule has 176 valence electrons. The van der Waals surface area contributed by atoms with Gasteiger partial charge in [0.1, 0.15) is 6.04 Å². The molecule has 0 aromatic heterocycles. The molecular formula is C24H33ClN2O5. The summed E-state index contributed by atoms with van der Waals surface area (Å²) in [5, 5.41) is 10.4. The summed E-state index contributed by atoms with van der Waals surface area (Å²) in [6.45, 7) is 3.41. The predicted molar refractivity (Wildman–Crippen MR) is 124 cm³/mol. The van der Waals surface area contributed by atoms with Gasteiger partial charge in [0.25, 0.3) is 0 Å². The Kier molecular flexibility index (Phi) is 9.01. The Labute approximate surface area is 195 Å². The summed E-state index contributed by atoms with van der Waals surface area (Å²) >= 11 is 0. The van der Waals surface area contributed by atoms with E-state index in [1.807, 2.05) is 42.5 Å². The Morgan fingerprint density at radius 2 is 1.97 bits per heavy atom. The number of carboxylic acids is 1. The van der Waals surface area contributed by atoms with E-state index in [1.54, 1.807) is 11.8 Å². The Hall–Kier alpha value is -2.22. The smallest absolute Gasteiger partial charge is 0.332 e. The Morgan fingerprint density at radius 3 is 2.56 bits per heavy atom. The molecule has 0 radical (unpaired) electrons. The molecule has 1 aromatic carbocycles. The number of allylic oxidation sites excluding steroid dienone is 1. The molecule has 5 atom stereocenters. The van der Waals surface area contributed by atoms with Crippen molar-refractivity contribution in [3.05, 3.63) is 48.0 Å². The van der Waals surface area contributed by atoms with Crippen LogP contribution >= 0.6 is 12.4 Å². The van der Waals surface area contributed by atoms with Crippen LogP contribution < -0.4 is 5.73 Å². The van der Waals surface area contributed by atoms with Crippen LogP contribution in [0.2, 0.25) is 0 Å². The average Bonchev–Trinajstić information content (AvgIpc) is 3.10. The van der Waals surface area contributed by atoms with Crippen LogP contribution in [0.5, 0.6) is 0 Å². The molecule has 0 bridgehead atoms. The molecule has 1 saturated heterocycles. The average molecular weight is 465 g/mol. The Bertz CT molecular complexity index is 844. The summed E-state index contributed by atoms with van der Waals surface area (Å²) in [5.41, 5.74) is 5.11. The summed E-state index contributed by atoms with van der Waals surface area (Å²) in [7, 11) is 0. The summed E-state index contributed by atoms with van der Waals surface area (Å²) in [5.74, 6) is -2.33. The van der Waals surface area contributed by atoms with Crippen LogP contribution in [0.3, 0.4) is 0 Å². The van der Waals surface area contributed by atoms with Gasteiger partial charge < -0.3 is 15.6 Å². The lowest BCUT2D eigenvalue weighted by Crippen LogP contribution is -2.66. The highest BCUT2D eigenvalue weighted by molar-refractivity contribution is 6.10. The van der Waals surface area contributed by atoms with Crippen LogP contribution in [-0.4, -0.2) is 58.0 Å². The Morgan fingerprint density at radius 1 is 1.28 bits per heavy atom. The van der Waals surface area contributed by atoms with Gasteiger partial charge in [-0.1, -0.05) is 42.5 Å². The van der Waals surface area contributed by atoms with Gasteiger partial charge in [-0.3, -0.25) is 14.5 Å². The number of nitrogens with zero attached hydrogens (tertiary/aromatic N) is 1. The first-order valence-corrected chi connectivity index (χ1v) is 11.0. The molecule has 0 saturated carbocycles. The van der Waals surface area contributed by atoms with Gasteiger partial charge in [-0.15, -0.1) is 12.4 Å². The van der Waals surface area contributed by atoms with E-state index in [9.17, 15) is 19.5 Å². The third-order valence-electron chi connectivity index (χ3n) is 6.46. The maximum absolute atomic E-state index is 13.3. The van der Waals surface area contributed by atoms with E-state index in [1.165, 1.54) is 6.92 Å². The predicted octanol–water partition coefficient (Wildman–Crippen LogP) is 2.75. The van der Waals surface area contributed by atoms with Crippen molar-refractivity contribution in [1.82, 2.24) is 4.90 Å². The van der Waals surface area contributed by atoms with Gasteiger partial charge in [0, 0.05) is 6.04 Å².